The van der Waals surface area contributed by atoms with E-state index in [1.165, 1.54) is 0 Å². The van der Waals surface area contributed by atoms with Crippen LogP contribution in [0.3, 0.4) is 0 Å². The van der Waals surface area contributed by atoms with Crippen LogP contribution in [0.4, 0.5) is 0 Å². The molecule has 0 saturated heterocycles. The number of hydrogen-bond donors (Lipinski definition) is 0. The van der Waals surface area contributed by atoms with Crippen LogP contribution in [0, 0.1) is 12.3 Å². The molecule has 6 heteroatoms. The second-order valence-electron chi connectivity index (χ2n) is 3.36. The molecule has 0 N–H and O–H groups in total. The summed E-state index contributed by atoms with van der Waals surface area (Å²) in [6.07, 6.45) is 5.28. The lowest BCUT2D eigenvalue weighted by atomic mass is 10.2. The molecule has 86 valence electrons. The number of rotatable bonds is 4. The average molecular weight is 242 g/mol. The second kappa shape index (κ2) is 4.99. The maximum absolute atomic E-state index is 5.68. The molecule has 0 aromatic carbocycles. The largest absolute Gasteiger partial charge is 0.464 e. The van der Waals surface area contributed by atoms with Crippen molar-refractivity contribution in [1.29, 1.82) is 0 Å². The first-order valence-electron chi connectivity index (χ1n) is 4.68. The molecule has 16 heavy (non-hydrogen) atoms. The van der Waals surface area contributed by atoms with E-state index < -0.39 is 5.60 Å². The van der Waals surface area contributed by atoms with E-state index in [1.54, 1.807) is 13.8 Å². The Bertz CT molecular complexity index is 415. The fraction of sp³-hybridized carbons (Fsp3) is 0.500. The molecule has 0 unspecified atom stereocenters. The fourth-order valence-electron chi connectivity index (χ4n) is 0.812. The summed E-state index contributed by atoms with van der Waals surface area (Å²) < 4.78 is 10.5. The van der Waals surface area contributed by atoms with Crippen molar-refractivity contribution in [3.05, 3.63) is 5.28 Å². The van der Waals surface area contributed by atoms with Gasteiger partial charge in [0.05, 0.1) is 6.61 Å². The van der Waals surface area contributed by atoms with E-state index in [0.717, 1.165) is 0 Å². The van der Waals surface area contributed by atoms with Crippen molar-refractivity contribution in [2.75, 3.05) is 6.61 Å². The Kier molecular flexibility index (Phi) is 3.91. The third-order valence-electron chi connectivity index (χ3n) is 1.53. The van der Waals surface area contributed by atoms with Gasteiger partial charge >= 0.3 is 12.0 Å². The zero-order valence-corrected chi connectivity index (χ0v) is 10.1. The summed E-state index contributed by atoms with van der Waals surface area (Å²) in [6, 6.07) is 0.164. The Balaban J connectivity index is 2.93. The average Bonchev–Trinajstić information content (AvgIpc) is 2.16. The Morgan fingerprint density at radius 2 is 1.94 bits per heavy atom. The van der Waals surface area contributed by atoms with Crippen molar-refractivity contribution in [3.8, 4) is 24.4 Å². The molecule has 0 fully saturated rings. The van der Waals surface area contributed by atoms with Gasteiger partial charge in [-0.05, 0) is 32.4 Å². The summed E-state index contributed by atoms with van der Waals surface area (Å²) in [5.74, 6) is 2.45. The van der Waals surface area contributed by atoms with Crippen LogP contribution in [0.25, 0.3) is 0 Å². The molecule has 5 nitrogen and oxygen atoms in total. The van der Waals surface area contributed by atoms with Crippen molar-refractivity contribution in [2.24, 2.45) is 0 Å². The molecule has 0 radical (unpaired) electrons. The van der Waals surface area contributed by atoms with Gasteiger partial charge in [-0.3, -0.25) is 0 Å². The van der Waals surface area contributed by atoms with Crippen LogP contribution in [-0.4, -0.2) is 27.2 Å². The second-order valence-corrected chi connectivity index (χ2v) is 3.70. The van der Waals surface area contributed by atoms with Crippen molar-refractivity contribution >= 4 is 11.6 Å². The molecule has 0 aliphatic rings. The molecule has 1 aromatic rings. The molecule has 1 rings (SSSR count). The van der Waals surface area contributed by atoms with Gasteiger partial charge < -0.3 is 9.47 Å². The molecule has 0 bridgehead atoms. The first-order chi connectivity index (χ1) is 7.46. The summed E-state index contributed by atoms with van der Waals surface area (Å²) in [4.78, 5) is 11.5. The monoisotopic (exact) mass is 241 g/mol. The summed E-state index contributed by atoms with van der Waals surface area (Å²) >= 11 is 5.68. The zero-order valence-electron chi connectivity index (χ0n) is 9.32. The minimum atomic E-state index is -0.811. The standard InChI is InChI=1S/C10H12ClN3O2/c1-5-10(3,4)16-9-13-7(11)12-8(14-9)15-6-2/h1H,6H2,2-4H3. The molecule has 0 aliphatic carbocycles. The van der Waals surface area contributed by atoms with E-state index in [0.29, 0.717) is 6.61 Å². The van der Waals surface area contributed by atoms with Crippen molar-refractivity contribution in [3.63, 3.8) is 0 Å². The summed E-state index contributed by atoms with van der Waals surface area (Å²) in [7, 11) is 0. The highest BCUT2D eigenvalue weighted by molar-refractivity contribution is 6.28. The van der Waals surface area contributed by atoms with Gasteiger partial charge in [0.2, 0.25) is 5.28 Å². The van der Waals surface area contributed by atoms with E-state index in [-0.39, 0.29) is 17.3 Å². The van der Waals surface area contributed by atoms with Gasteiger partial charge in [-0.25, -0.2) is 0 Å². The minimum absolute atomic E-state index is 0.00118. The number of aromatic nitrogens is 3. The highest BCUT2D eigenvalue weighted by atomic mass is 35.5. The molecule has 0 aliphatic heterocycles. The number of halogens is 1. The normalized spacial score (nSPS) is 10.7. The SMILES string of the molecule is C#CC(C)(C)Oc1nc(Cl)nc(OCC)n1. The van der Waals surface area contributed by atoms with Gasteiger partial charge in [0.1, 0.15) is 0 Å². The lowest BCUT2D eigenvalue weighted by molar-refractivity contribution is 0.152. The molecule has 1 aromatic heterocycles. The third kappa shape index (κ3) is 3.55. The summed E-state index contributed by atoms with van der Waals surface area (Å²) in [5.41, 5.74) is -0.811. The van der Waals surface area contributed by atoms with E-state index >= 15 is 0 Å². The molecule has 0 atom stereocenters. The van der Waals surface area contributed by atoms with Crippen molar-refractivity contribution in [1.82, 2.24) is 15.0 Å². The van der Waals surface area contributed by atoms with Crippen LogP contribution in [0.1, 0.15) is 20.8 Å². The maximum Gasteiger partial charge on any atom is 0.325 e. The lowest BCUT2D eigenvalue weighted by Crippen LogP contribution is -2.26. The Morgan fingerprint density at radius 1 is 1.31 bits per heavy atom. The van der Waals surface area contributed by atoms with Gasteiger partial charge in [-0.1, -0.05) is 5.92 Å². The molecule has 1 heterocycles. The Labute approximate surface area is 99.2 Å². The third-order valence-corrected chi connectivity index (χ3v) is 1.70. The molecular formula is C10H12ClN3O2. The van der Waals surface area contributed by atoms with E-state index in [2.05, 4.69) is 20.9 Å². The number of hydrogen-bond acceptors (Lipinski definition) is 5. The van der Waals surface area contributed by atoms with Gasteiger partial charge in [0.15, 0.2) is 5.60 Å². The van der Waals surface area contributed by atoms with Crippen LogP contribution in [0.15, 0.2) is 0 Å². The van der Waals surface area contributed by atoms with Crippen LogP contribution < -0.4 is 9.47 Å². The molecule has 0 saturated carbocycles. The van der Waals surface area contributed by atoms with Gasteiger partial charge in [0, 0.05) is 0 Å². The van der Waals surface area contributed by atoms with Crippen LogP contribution in [0.2, 0.25) is 5.28 Å². The first-order valence-corrected chi connectivity index (χ1v) is 5.06. The van der Waals surface area contributed by atoms with Gasteiger partial charge in [0.25, 0.3) is 0 Å². The predicted octanol–water partition coefficient (Wildman–Crippen LogP) is 1.71. The first kappa shape index (κ1) is 12.5. The van der Waals surface area contributed by atoms with Crippen LogP contribution >= 0.6 is 11.6 Å². The maximum atomic E-state index is 5.68. The quantitative estimate of drug-likeness (QED) is 0.752. The Morgan fingerprint density at radius 3 is 2.50 bits per heavy atom. The summed E-state index contributed by atoms with van der Waals surface area (Å²) in [6.45, 7) is 5.66. The summed E-state index contributed by atoms with van der Waals surface area (Å²) in [5, 5.41) is 0.00118. The number of nitrogens with zero attached hydrogens (tertiary/aromatic N) is 3. The van der Waals surface area contributed by atoms with Crippen molar-refractivity contribution < 1.29 is 9.47 Å². The van der Waals surface area contributed by atoms with E-state index in [9.17, 15) is 0 Å². The Hall–Kier alpha value is -1.54. The fourth-order valence-corrected chi connectivity index (χ4v) is 0.956. The zero-order chi connectivity index (χ0) is 12.2. The minimum Gasteiger partial charge on any atom is -0.464 e. The highest BCUT2D eigenvalue weighted by Gasteiger charge is 2.19. The van der Waals surface area contributed by atoms with Gasteiger partial charge in [-0.15, -0.1) is 11.4 Å². The smallest absolute Gasteiger partial charge is 0.325 e. The molecular weight excluding hydrogens is 230 g/mol. The van der Waals surface area contributed by atoms with Crippen molar-refractivity contribution in [2.45, 2.75) is 26.4 Å². The van der Waals surface area contributed by atoms with E-state index in [4.69, 9.17) is 27.5 Å². The molecule has 0 amide bonds. The number of terminal acetylenes is 1. The lowest BCUT2D eigenvalue weighted by Gasteiger charge is -2.18. The highest BCUT2D eigenvalue weighted by Crippen LogP contribution is 2.17. The van der Waals surface area contributed by atoms with Crippen LogP contribution in [0.5, 0.6) is 12.0 Å². The van der Waals surface area contributed by atoms with E-state index in [1.807, 2.05) is 6.92 Å². The topological polar surface area (TPSA) is 57.1 Å². The van der Waals surface area contributed by atoms with Gasteiger partial charge in [-0.2, -0.15) is 9.97 Å². The number of ether oxygens (including phenoxy) is 2. The predicted molar refractivity (Wildman–Crippen MR) is 59.5 cm³/mol. The molecule has 0 spiro atoms. The van der Waals surface area contributed by atoms with Crippen LogP contribution in [-0.2, 0) is 0 Å².